The molecule has 4 rings (SSSR count). The maximum absolute atomic E-state index is 8.39. The molecule has 2 heteroatoms. The van der Waals surface area contributed by atoms with Gasteiger partial charge in [0.15, 0.2) is 5.58 Å². The van der Waals surface area contributed by atoms with E-state index in [9.17, 15) is 0 Å². The second-order valence-corrected chi connectivity index (χ2v) is 4.24. The molecule has 0 atom stereocenters. The highest BCUT2D eigenvalue weighted by Gasteiger charge is 2.07. The van der Waals surface area contributed by atoms with Gasteiger partial charge in [0, 0.05) is 5.56 Å². The van der Waals surface area contributed by atoms with Crippen molar-refractivity contribution in [3.63, 3.8) is 0 Å². The fourth-order valence-electron chi connectivity index (χ4n) is 1.90. The molecule has 0 saturated heterocycles. The maximum Gasteiger partial charge on any atom is 0.227 e. The third-order valence-electron chi connectivity index (χ3n) is 2.88. The van der Waals surface area contributed by atoms with Gasteiger partial charge in [0.05, 0.1) is 12.3 Å². The van der Waals surface area contributed by atoms with Crippen LogP contribution in [0.1, 0.15) is 12.3 Å². The van der Waals surface area contributed by atoms with Crippen molar-refractivity contribution in [2.45, 2.75) is 0 Å². The molecular weight excluding hydrogens is 258 g/mol. The van der Waals surface area contributed by atoms with Gasteiger partial charge < -0.3 is 4.42 Å². The van der Waals surface area contributed by atoms with Crippen LogP contribution in [0, 0.1) is 0 Å². The van der Waals surface area contributed by atoms with Gasteiger partial charge in [0.1, 0.15) is 5.52 Å². The summed E-state index contributed by atoms with van der Waals surface area (Å²) < 4.78 is 78.7. The van der Waals surface area contributed by atoms with Crippen LogP contribution in [0.4, 0.5) is 0 Å². The second-order valence-electron chi connectivity index (χ2n) is 4.24. The third-order valence-corrected chi connectivity index (χ3v) is 2.88. The van der Waals surface area contributed by atoms with Crippen LogP contribution >= 0.6 is 0 Å². The molecule has 0 fully saturated rings. The molecule has 0 amide bonds. The van der Waals surface area contributed by atoms with Crippen LogP contribution in [0.25, 0.3) is 33.7 Å². The van der Waals surface area contributed by atoms with Crippen molar-refractivity contribution in [2.24, 2.45) is 0 Å². The predicted molar refractivity (Wildman–Crippen MR) is 84.9 cm³/mol. The Hall–Kier alpha value is -2.87. The first kappa shape index (κ1) is 5.86. The van der Waals surface area contributed by atoms with Crippen LogP contribution < -0.4 is 0 Å². The van der Waals surface area contributed by atoms with Crippen LogP contribution in [0.15, 0.2) is 83.1 Å². The van der Waals surface area contributed by atoms with Crippen LogP contribution in [-0.4, -0.2) is 4.98 Å². The number of para-hydroxylation sites is 2. The molecule has 0 radical (unpaired) electrons. The zero-order valence-corrected chi connectivity index (χ0v) is 10.7. The Labute approximate surface area is 135 Å². The quantitative estimate of drug-likeness (QED) is 0.507. The lowest BCUT2D eigenvalue weighted by molar-refractivity contribution is 0.620. The molecule has 2 nitrogen and oxygen atoms in total. The number of benzene rings is 3. The van der Waals surface area contributed by atoms with Gasteiger partial charge in [0.2, 0.25) is 5.89 Å². The van der Waals surface area contributed by atoms with Gasteiger partial charge in [0.25, 0.3) is 0 Å². The zero-order chi connectivity index (χ0) is 21.9. The highest BCUT2D eigenvalue weighted by atomic mass is 16.3. The Morgan fingerprint density at radius 3 is 2.19 bits per heavy atom. The third kappa shape index (κ3) is 2.21. The lowest BCUT2D eigenvalue weighted by atomic mass is 10.0. The van der Waals surface area contributed by atoms with Gasteiger partial charge in [-0.05, 0) is 35.3 Å². The average Bonchev–Trinajstić information content (AvgIpc) is 3.15. The number of hydrogen-bond acceptors (Lipinski definition) is 2. The van der Waals surface area contributed by atoms with Gasteiger partial charge in [-0.1, -0.05) is 54.4 Å². The maximum atomic E-state index is 8.39. The Kier molecular flexibility index (Phi) is 1.37. The normalized spacial score (nSPS) is 16.9. The molecule has 0 aliphatic rings. The van der Waals surface area contributed by atoms with Gasteiger partial charge in [-0.2, -0.15) is 0 Å². The second kappa shape index (κ2) is 4.91. The van der Waals surface area contributed by atoms with Gasteiger partial charge in [-0.25, -0.2) is 4.98 Å². The van der Waals surface area contributed by atoms with E-state index in [0.29, 0.717) is 11.1 Å². The Morgan fingerprint density at radius 2 is 1.43 bits per heavy atom. The monoisotopic (exact) mass is 280 g/mol. The zero-order valence-electron chi connectivity index (χ0n) is 19.7. The molecule has 21 heavy (non-hydrogen) atoms. The summed E-state index contributed by atoms with van der Waals surface area (Å²) in [6.07, 6.45) is 0. The van der Waals surface area contributed by atoms with E-state index in [1.807, 2.05) is 0 Å². The molecule has 0 bridgehead atoms. The molecule has 0 unspecified atom stereocenters. The largest absolute Gasteiger partial charge is 0.436 e. The van der Waals surface area contributed by atoms with E-state index >= 15 is 0 Å². The highest BCUT2D eigenvalue weighted by Crippen LogP contribution is 2.26. The molecule has 100 valence electrons. The van der Waals surface area contributed by atoms with Gasteiger partial charge in [-0.15, -0.1) is 0 Å². The minimum absolute atomic E-state index is 0.0965. The Balaban J connectivity index is 2.05. The fraction of sp³-hybridized carbons (Fsp3) is 0. The number of hydrogen-bond donors (Lipinski definition) is 0. The van der Waals surface area contributed by atoms with Crippen molar-refractivity contribution < 1.29 is 16.8 Å². The van der Waals surface area contributed by atoms with E-state index in [2.05, 4.69) is 4.98 Å². The SMILES string of the molecule is [2H]c1c([2H])c([2H])c(-c2c([2H])c([2H])c(-c3nc4ccccc4o3)c([2H])c2[2H])c([2H])c1[2H]. The van der Waals surface area contributed by atoms with Gasteiger partial charge >= 0.3 is 0 Å². The first-order chi connectivity index (χ1) is 14.1. The molecule has 1 heterocycles. The summed E-state index contributed by atoms with van der Waals surface area (Å²) in [6, 6.07) is 1.70. The summed E-state index contributed by atoms with van der Waals surface area (Å²) in [5.74, 6) is -0.0965. The topological polar surface area (TPSA) is 26.0 Å². The van der Waals surface area contributed by atoms with Crippen LogP contribution in [0.5, 0.6) is 0 Å². The standard InChI is InChI=1S/C19H13NO/c1-2-6-14(7-3-1)15-10-12-16(13-11-15)19-20-17-8-4-5-9-18(17)21-19/h1-13H/i1D,2D,3D,6D,7D,10D,11D,12D,13D. The summed E-state index contributed by atoms with van der Waals surface area (Å²) in [5, 5.41) is 0. The molecule has 0 N–H and O–H groups in total. The van der Waals surface area contributed by atoms with E-state index in [1.54, 1.807) is 24.3 Å². The molecular formula is C19H13NO. The first-order valence-corrected chi connectivity index (χ1v) is 6.18. The van der Waals surface area contributed by atoms with Crippen molar-refractivity contribution in [3.8, 4) is 22.6 Å². The minimum atomic E-state index is -0.620. The Bertz CT molecular complexity index is 1260. The predicted octanol–water partition coefficient (Wildman–Crippen LogP) is 5.16. The summed E-state index contributed by atoms with van der Waals surface area (Å²) in [4.78, 5) is 4.23. The molecule has 0 saturated carbocycles. The number of nitrogens with zero attached hydrogens (tertiary/aromatic N) is 1. The molecule has 3 aromatic carbocycles. The van der Waals surface area contributed by atoms with Crippen molar-refractivity contribution in [1.82, 2.24) is 4.98 Å². The number of oxazole rings is 1. The summed E-state index contributed by atoms with van der Waals surface area (Å²) in [7, 11) is 0. The van der Waals surface area contributed by atoms with E-state index < -0.39 is 54.4 Å². The van der Waals surface area contributed by atoms with Crippen molar-refractivity contribution in [1.29, 1.82) is 0 Å². The van der Waals surface area contributed by atoms with E-state index in [4.69, 9.17) is 16.8 Å². The van der Waals surface area contributed by atoms with Crippen LogP contribution in [0.2, 0.25) is 0 Å². The number of rotatable bonds is 2. The fourth-order valence-corrected chi connectivity index (χ4v) is 1.90. The lowest BCUT2D eigenvalue weighted by Crippen LogP contribution is -1.79. The average molecular weight is 280 g/mol. The summed E-state index contributed by atoms with van der Waals surface area (Å²) in [6.45, 7) is 0. The number of aromatic nitrogens is 1. The lowest BCUT2D eigenvalue weighted by Gasteiger charge is -2.02. The van der Waals surface area contributed by atoms with E-state index in [1.165, 1.54) is 0 Å². The smallest absolute Gasteiger partial charge is 0.227 e. The number of fused-ring (bicyclic) bond motifs is 1. The van der Waals surface area contributed by atoms with Crippen molar-refractivity contribution in [3.05, 3.63) is 78.6 Å². The van der Waals surface area contributed by atoms with Gasteiger partial charge in [-0.3, -0.25) is 0 Å². The van der Waals surface area contributed by atoms with Crippen LogP contribution in [-0.2, 0) is 0 Å². The minimum Gasteiger partial charge on any atom is -0.436 e. The van der Waals surface area contributed by atoms with Crippen molar-refractivity contribution >= 4 is 11.1 Å². The Morgan fingerprint density at radius 1 is 0.762 bits per heavy atom. The van der Waals surface area contributed by atoms with E-state index in [0.717, 1.165) is 0 Å². The molecule has 0 spiro atoms. The summed E-state index contributed by atoms with van der Waals surface area (Å²) >= 11 is 0. The highest BCUT2D eigenvalue weighted by molar-refractivity contribution is 5.76. The first-order valence-electron chi connectivity index (χ1n) is 10.7. The summed E-state index contributed by atoms with van der Waals surface area (Å²) in [5.41, 5.74) is -0.0283. The molecule has 4 aromatic rings. The molecule has 1 aromatic heterocycles. The van der Waals surface area contributed by atoms with Crippen molar-refractivity contribution in [2.75, 3.05) is 0 Å². The van der Waals surface area contributed by atoms with Crippen LogP contribution in [0.3, 0.4) is 0 Å². The van der Waals surface area contributed by atoms with E-state index in [-0.39, 0.29) is 22.6 Å². The molecule has 0 aliphatic heterocycles. The molecule has 0 aliphatic carbocycles.